The zero-order valence-electron chi connectivity index (χ0n) is 16.9. The van der Waals surface area contributed by atoms with Gasteiger partial charge in [0.2, 0.25) is 5.91 Å². The average Bonchev–Trinajstić information content (AvgIpc) is 2.98. The Morgan fingerprint density at radius 3 is 2.67 bits per heavy atom. The number of nitrogens with zero attached hydrogens (tertiary/aromatic N) is 3. The molecule has 0 spiro atoms. The van der Waals surface area contributed by atoms with Gasteiger partial charge in [-0.3, -0.25) is 9.59 Å². The van der Waals surface area contributed by atoms with E-state index in [-0.39, 0.29) is 11.7 Å². The maximum Gasteiger partial charge on any atom is 0.242 e. The van der Waals surface area contributed by atoms with Crippen molar-refractivity contribution in [2.45, 2.75) is 49.6 Å². The molecule has 2 aromatic carbocycles. The van der Waals surface area contributed by atoms with Gasteiger partial charge in [0, 0.05) is 24.2 Å². The lowest BCUT2D eigenvalue weighted by molar-refractivity contribution is -0.115. The predicted molar refractivity (Wildman–Crippen MR) is 118 cm³/mol. The zero-order valence-corrected chi connectivity index (χ0v) is 17.7. The molecule has 0 bridgehead atoms. The summed E-state index contributed by atoms with van der Waals surface area (Å²) in [6.07, 6.45) is 4.33. The largest absolute Gasteiger partial charge is 0.325 e. The average molecular weight is 421 g/mol. The number of nitrogens with one attached hydrogen (secondary N) is 1. The number of Topliss-reactive ketones (excluding diaryl/α,β-unsaturated/α-hetero) is 1. The van der Waals surface area contributed by atoms with E-state index in [4.69, 9.17) is 0 Å². The molecule has 1 aliphatic heterocycles. The monoisotopic (exact) mass is 420 g/mol. The highest BCUT2D eigenvalue weighted by atomic mass is 32.2. The van der Waals surface area contributed by atoms with E-state index in [2.05, 4.69) is 20.1 Å². The van der Waals surface area contributed by atoms with E-state index >= 15 is 0 Å². The van der Waals surface area contributed by atoms with Crippen molar-refractivity contribution in [3.05, 3.63) is 71.5 Å². The molecule has 0 fully saturated rings. The Morgan fingerprint density at radius 2 is 1.87 bits per heavy atom. The van der Waals surface area contributed by atoms with Crippen LogP contribution in [0, 0.1) is 0 Å². The third kappa shape index (κ3) is 4.62. The van der Waals surface area contributed by atoms with Crippen molar-refractivity contribution in [1.29, 1.82) is 0 Å². The summed E-state index contributed by atoms with van der Waals surface area (Å²) in [5.74, 6) is 0.806. The second-order valence-corrected chi connectivity index (χ2v) is 8.47. The van der Waals surface area contributed by atoms with Crippen molar-refractivity contribution in [2.24, 2.45) is 0 Å². The van der Waals surface area contributed by atoms with Gasteiger partial charge in [-0.1, -0.05) is 60.6 Å². The van der Waals surface area contributed by atoms with E-state index in [1.54, 1.807) is 24.3 Å². The van der Waals surface area contributed by atoms with Gasteiger partial charge in [-0.05, 0) is 37.5 Å². The standard InChI is InChI=1S/C23H24N4O2S/c1-16(28)18-11-8-12-19(15-18)24-22(29)21(17-9-4-2-5-10-17)30-23-26-25-20-13-6-3-7-14-27(20)23/h2,4-5,8-12,15,21H,3,6-7,13-14H2,1H3,(H,24,29)/t21-/m1/s1. The molecule has 0 radical (unpaired) electrons. The molecule has 0 saturated heterocycles. The predicted octanol–water partition coefficient (Wildman–Crippen LogP) is 4.68. The molecule has 4 rings (SSSR count). The summed E-state index contributed by atoms with van der Waals surface area (Å²) in [5, 5.41) is 12.0. The zero-order chi connectivity index (χ0) is 20.9. The lowest BCUT2D eigenvalue weighted by atomic mass is 10.1. The third-order valence-electron chi connectivity index (χ3n) is 5.18. The van der Waals surface area contributed by atoms with Crippen LogP contribution in [0.15, 0.2) is 59.8 Å². The maximum absolute atomic E-state index is 13.3. The van der Waals surface area contributed by atoms with Crippen molar-refractivity contribution in [1.82, 2.24) is 14.8 Å². The van der Waals surface area contributed by atoms with E-state index in [0.717, 1.165) is 42.4 Å². The number of benzene rings is 2. The second kappa shape index (κ2) is 9.26. The Balaban J connectivity index is 1.61. The topological polar surface area (TPSA) is 76.9 Å². The molecule has 0 unspecified atom stereocenters. The van der Waals surface area contributed by atoms with Crippen LogP contribution in [0.2, 0.25) is 0 Å². The van der Waals surface area contributed by atoms with Gasteiger partial charge in [0.1, 0.15) is 11.1 Å². The number of thioether (sulfide) groups is 1. The SMILES string of the molecule is CC(=O)c1cccc(NC(=O)[C@H](Sc2nnc3n2CCCCC3)c2ccccc2)c1. The molecule has 1 aromatic heterocycles. The molecular formula is C23H24N4O2S. The van der Waals surface area contributed by atoms with Gasteiger partial charge in [-0.2, -0.15) is 0 Å². The Bertz CT molecular complexity index is 1050. The maximum atomic E-state index is 13.3. The molecule has 0 aliphatic carbocycles. The Kier molecular flexibility index (Phi) is 6.28. The van der Waals surface area contributed by atoms with Crippen LogP contribution in [0.5, 0.6) is 0 Å². The van der Waals surface area contributed by atoms with Crippen LogP contribution in [-0.2, 0) is 17.8 Å². The highest BCUT2D eigenvalue weighted by molar-refractivity contribution is 8.00. The van der Waals surface area contributed by atoms with Crippen molar-refractivity contribution < 1.29 is 9.59 Å². The van der Waals surface area contributed by atoms with Gasteiger partial charge >= 0.3 is 0 Å². The van der Waals surface area contributed by atoms with Gasteiger partial charge in [-0.25, -0.2) is 0 Å². The minimum absolute atomic E-state index is 0.0359. The quantitative estimate of drug-likeness (QED) is 0.463. The van der Waals surface area contributed by atoms with E-state index in [1.807, 2.05) is 30.3 Å². The van der Waals surface area contributed by atoms with Crippen LogP contribution < -0.4 is 5.32 Å². The Morgan fingerprint density at radius 1 is 1.03 bits per heavy atom. The molecule has 1 N–H and O–H groups in total. The number of ketones is 1. The molecule has 7 heteroatoms. The summed E-state index contributed by atoms with van der Waals surface area (Å²) in [7, 11) is 0. The molecule has 6 nitrogen and oxygen atoms in total. The normalized spacial score (nSPS) is 14.4. The number of rotatable bonds is 6. The van der Waals surface area contributed by atoms with E-state index < -0.39 is 5.25 Å². The Labute approximate surface area is 180 Å². The molecule has 1 amide bonds. The van der Waals surface area contributed by atoms with Crippen molar-refractivity contribution >= 4 is 29.1 Å². The first-order valence-electron chi connectivity index (χ1n) is 10.2. The molecule has 1 atom stereocenters. The van der Waals surface area contributed by atoms with E-state index in [9.17, 15) is 9.59 Å². The first-order valence-corrected chi connectivity index (χ1v) is 11.1. The number of carbonyl (C=O) groups excluding carboxylic acids is 2. The summed E-state index contributed by atoms with van der Waals surface area (Å²) >= 11 is 1.42. The molecule has 1 aliphatic rings. The van der Waals surface area contributed by atoms with E-state index in [1.165, 1.54) is 25.1 Å². The molecule has 154 valence electrons. The molecule has 2 heterocycles. The number of fused-ring (bicyclic) bond motifs is 1. The molecular weight excluding hydrogens is 396 g/mol. The number of hydrogen-bond donors (Lipinski definition) is 1. The van der Waals surface area contributed by atoms with Crippen LogP contribution in [0.3, 0.4) is 0 Å². The van der Waals surface area contributed by atoms with Gasteiger partial charge in [0.15, 0.2) is 10.9 Å². The minimum Gasteiger partial charge on any atom is -0.325 e. The van der Waals surface area contributed by atoms with Gasteiger partial charge in [-0.15, -0.1) is 10.2 Å². The molecule has 0 saturated carbocycles. The van der Waals surface area contributed by atoms with Crippen LogP contribution in [0.1, 0.15) is 53.2 Å². The van der Waals surface area contributed by atoms with Crippen LogP contribution in [-0.4, -0.2) is 26.5 Å². The van der Waals surface area contributed by atoms with E-state index in [0.29, 0.717) is 11.3 Å². The summed E-state index contributed by atoms with van der Waals surface area (Å²) in [6.45, 7) is 2.40. The van der Waals surface area contributed by atoms with Crippen LogP contribution in [0.25, 0.3) is 0 Å². The summed E-state index contributed by atoms with van der Waals surface area (Å²) in [4.78, 5) is 25.0. The summed E-state index contributed by atoms with van der Waals surface area (Å²) in [5.41, 5.74) is 2.07. The van der Waals surface area contributed by atoms with Gasteiger partial charge in [0.25, 0.3) is 0 Å². The first kappa shape index (κ1) is 20.3. The highest BCUT2D eigenvalue weighted by Crippen LogP contribution is 2.36. The lowest BCUT2D eigenvalue weighted by Crippen LogP contribution is -2.20. The fraction of sp³-hybridized carbons (Fsp3) is 0.304. The van der Waals surface area contributed by atoms with Crippen molar-refractivity contribution in [3.63, 3.8) is 0 Å². The van der Waals surface area contributed by atoms with Crippen molar-refractivity contribution in [2.75, 3.05) is 5.32 Å². The number of carbonyl (C=O) groups is 2. The fourth-order valence-electron chi connectivity index (χ4n) is 3.58. The number of amides is 1. The van der Waals surface area contributed by atoms with Crippen LogP contribution >= 0.6 is 11.8 Å². The number of aromatic nitrogens is 3. The lowest BCUT2D eigenvalue weighted by Gasteiger charge is -2.17. The Hall–Kier alpha value is -2.93. The third-order valence-corrected chi connectivity index (χ3v) is 6.41. The first-order chi connectivity index (χ1) is 14.6. The molecule has 3 aromatic rings. The van der Waals surface area contributed by atoms with Crippen LogP contribution in [0.4, 0.5) is 5.69 Å². The fourth-order valence-corrected chi connectivity index (χ4v) is 4.66. The van der Waals surface area contributed by atoms with Gasteiger partial charge in [0.05, 0.1) is 0 Å². The highest BCUT2D eigenvalue weighted by Gasteiger charge is 2.26. The molecule has 30 heavy (non-hydrogen) atoms. The summed E-state index contributed by atoms with van der Waals surface area (Å²) < 4.78 is 2.15. The van der Waals surface area contributed by atoms with Gasteiger partial charge < -0.3 is 9.88 Å². The number of anilines is 1. The smallest absolute Gasteiger partial charge is 0.242 e. The van der Waals surface area contributed by atoms with Crippen molar-refractivity contribution in [3.8, 4) is 0 Å². The summed E-state index contributed by atoms with van der Waals surface area (Å²) in [6, 6.07) is 16.7. The minimum atomic E-state index is -0.483. The number of hydrogen-bond acceptors (Lipinski definition) is 5. The second-order valence-electron chi connectivity index (χ2n) is 7.40. The number of aryl methyl sites for hydroxylation is 1.